The molecule has 0 saturated carbocycles. The van der Waals surface area contributed by atoms with E-state index in [9.17, 15) is 0 Å². The lowest BCUT2D eigenvalue weighted by Gasteiger charge is -2.47. The Labute approximate surface area is 124 Å². The molecule has 2 atom stereocenters. The summed E-state index contributed by atoms with van der Waals surface area (Å²) >= 11 is 3.67. The van der Waals surface area contributed by atoms with Gasteiger partial charge in [-0.15, -0.1) is 0 Å². The van der Waals surface area contributed by atoms with Crippen LogP contribution in [0, 0.1) is 0 Å². The maximum Gasteiger partial charge on any atom is 0.0248 e. The van der Waals surface area contributed by atoms with Crippen molar-refractivity contribution >= 4 is 15.9 Å². The molecule has 104 valence electrons. The minimum Gasteiger partial charge on any atom is -0.298 e. The second kappa shape index (κ2) is 5.94. The quantitative estimate of drug-likeness (QED) is 0.822. The normalized spacial score (nSPS) is 29.2. The molecule has 0 aromatic heterocycles. The van der Waals surface area contributed by atoms with Crippen molar-refractivity contribution in [1.82, 2.24) is 9.80 Å². The summed E-state index contributed by atoms with van der Waals surface area (Å²) in [6, 6.07) is 10.1. The Balaban J connectivity index is 1.69. The fourth-order valence-electron chi connectivity index (χ4n) is 3.48. The van der Waals surface area contributed by atoms with Crippen molar-refractivity contribution in [3.05, 3.63) is 34.3 Å². The van der Waals surface area contributed by atoms with Crippen molar-refractivity contribution in [1.29, 1.82) is 0 Å². The molecule has 2 saturated heterocycles. The number of benzene rings is 1. The molecule has 19 heavy (non-hydrogen) atoms. The van der Waals surface area contributed by atoms with Crippen LogP contribution in [0.3, 0.4) is 0 Å². The monoisotopic (exact) mass is 322 g/mol. The third-order valence-corrected chi connectivity index (χ3v) is 5.42. The molecule has 0 radical (unpaired) electrons. The zero-order valence-electron chi connectivity index (χ0n) is 11.7. The van der Waals surface area contributed by atoms with Gasteiger partial charge >= 0.3 is 0 Å². The number of halogens is 1. The Kier molecular flexibility index (Phi) is 4.25. The van der Waals surface area contributed by atoms with Gasteiger partial charge in [-0.3, -0.25) is 9.80 Å². The van der Waals surface area contributed by atoms with Crippen LogP contribution in [0.1, 0.15) is 31.7 Å². The van der Waals surface area contributed by atoms with Gasteiger partial charge < -0.3 is 0 Å². The van der Waals surface area contributed by atoms with E-state index in [1.165, 1.54) is 48.9 Å². The second-order valence-electron chi connectivity index (χ2n) is 6.01. The summed E-state index contributed by atoms with van der Waals surface area (Å²) in [6.07, 6.45) is 4.20. The maximum absolute atomic E-state index is 3.67. The van der Waals surface area contributed by atoms with Crippen LogP contribution in [0.2, 0.25) is 0 Å². The SMILES string of the molecule is C[C@H]1CN2CCCC[C@@H]2CN1Cc1ccccc1Br. The summed E-state index contributed by atoms with van der Waals surface area (Å²) in [5.74, 6) is 0. The number of nitrogens with zero attached hydrogens (tertiary/aromatic N) is 2. The Morgan fingerprint density at radius 3 is 2.89 bits per heavy atom. The fourth-order valence-corrected chi connectivity index (χ4v) is 3.89. The minimum absolute atomic E-state index is 0.668. The Morgan fingerprint density at radius 2 is 2.05 bits per heavy atom. The van der Waals surface area contributed by atoms with Gasteiger partial charge in [0.05, 0.1) is 0 Å². The number of piperazine rings is 1. The summed E-state index contributed by atoms with van der Waals surface area (Å²) in [5.41, 5.74) is 1.42. The largest absolute Gasteiger partial charge is 0.298 e. The van der Waals surface area contributed by atoms with Crippen molar-refractivity contribution in [2.45, 2.75) is 44.8 Å². The van der Waals surface area contributed by atoms with E-state index in [1.807, 2.05) is 0 Å². The van der Waals surface area contributed by atoms with E-state index in [2.05, 4.69) is 56.9 Å². The lowest BCUT2D eigenvalue weighted by atomic mass is 9.97. The predicted molar refractivity (Wildman–Crippen MR) is 83.2 cm³/mol. The van der Waals surface area contributed by atoms with Gasteiger partial charge in [0.2, 0.25) is 0 Å². The third-order valence-electron chi connectivity index (χ3n) is 4.65. The zero-order chi connectivity index (χ0) is 13.2. The average molecular weight is 323 g/mol. The average Bonchev–Trinajstić information content (AvgIpc) is 2.42. The Hall–Kier alpha value is -0.380. The van der Waals surface area contributed by atoms with Crippen LogP contribution in [-0.4, -0.2) is 41.5 Å². The molecule has 0 bridgehead atoms. The topological polar surface area (TPSA) is 6.48 Å². The van der Waals surface area contributed by atoms with E-state index < -0.39 is 0 Å². The van der Waals surface area contributed by atoms with E-state index in [1.54, 1.807) is 0 Å². The van der Waals surface area contributed by atoms with Gasteiger partial charge in [-0.25, -0.2) is 0 Å². The maximum atomic E-state index is 3.67. The molecule has 2 heterocycles. The molecule has 0 N–H and O–H groups in total. The predicted octanol–water partition coefficient (Wildman–Crippen LogP) is 3.51. The first kappa shape index (κ1) is 13.6. The van der Waals surface area contributed by atoms with Gasteiger partial charge in [0.15, 0.2) is 0 Å². The van der Waals surface area contributed by atoms with Crippen LogP contribution in [0.15, 0.2) is 28.7 Å². The standard InChI is InChI=1S/C16H23BrN2/c1-13-10-18-9-5-4-7-15(18)12-19(13)11-14-6-2-3-8-16(14)17/h2-3,6,8,13,15H,4-5,7,9-12H2,1H3/t13-,15+/m0/s1. The van der Waals surface area contributed by atoms with Crippen LogP contribution >= 0.6 is 15.9 Å². The molecule has 0 amide bonds. The molecule has 2 nitrogen and oxygen atoms in total. The highest BCUT2D eigenvalue weighted by molar-refractivity contribution is 9.10. The highest BCUT2D eigenvalue weighted by Gasteiger charge is 2.32. The fraction of sp³-hybridized carbons (Fsp3) is 0.625. The number of rotatable bonds is 2. The smallest absolute Gasteiger partial charge is 0.0248 e. The molecule has 1 aromatic rings. The summed E-state index contributed by atoms with van der Waals surface area (Å²) in [4.78, 5) is 5.37. The molecule has 0 spiro atoms. The number of piperidine rings is 1. The van der Waals surface area contributed by atoms with Crippen molar-refractivity contribution in [2.75, 3.05) is 19.6 Å². The second-order valence-corrected chi connectivity index (χ2v) is 6.87. The molecule has 3 heteroatoms. The molecular formula is C16H23BrN2. The van der Waals surface area contributed by atoms with Gasteiger partial charge in [-0.05, 0) is 37.9 Å². The first-order valence-electron chi connectivity index (χ1n) is 7.45. The number of hydrogen-bond acceptors (Lipinski definition) is 2. The van der Waals surface area contributed by atoms with Crippen LogP contribution in [-0.2, 0) is 6.54 Å². The van der Waals surface area contributed by atoms with Crippen LogP contribution in [0.25, 0.3) is 0 Å². The van der Waals surface area contributed by atoms with Crippen LogP contribution < -0.4 is 0 Å². The van der Waals surface area contributed by atoms with E-state index >= 15 is 0 Å². The molecule has 3 rings (SSSR count). The highest BCUT2D eigenvalue weighted by Crippen LogP contribution is 2.26. The lowest BCUT2D eigenvalue weighted by Crippen LogP contribution is -2.58. The number of fused-ring (bicyclic) bond motifs is 1. The van der Waals surface area contributed by atoms with Crippen molar-refractivity contribution in [2.24, 2.45) is 0 Å². The van der Waals surface area contributed by atoms with Gasteiger partial charge in [-0.2, -0.15) is 0 Å². The molecule has 2 fully saturated rings. The summed E-state index contributed by atoms with van der Waals surface area (Å²) in [7, 11) is 0. The van der Waals surface area contributed by atoms with E-state index in [4.69, 9.17) is 0 Å². The summed E-state index contributed by atoms with van der Waals surface area (Å²) < 4.78 is 1.24. The number of hydrogen-bond donors (Lipinski definition) is 0. The Bertz CT molecular complexity index is 435. The molecule has 2 aliphatic rings. The van der Waals surface area contributed by atoms with E-state index in [-0.39, 0.29) is 0 Å². The first-order valence-corrected chi connectivity index (χ1v) is 8.25. The van der Waals surface area contributed by atoms with Crippen molar-refractivity contribution < 1.29 is 0 Å². The minimum atomic E-state index is 0.668. The van der Waals surface area contributed by atoms with E-state index in [0.29, 0.717) is 6.04 Å². The van der Waals surface area contributed by atoms with Crippen molar-refractivity contribution in [3.8, 4) is 0 Å². The van der Waals surface area contributed by atoms with Gasteiger partial charge in [0, 0.05) is 36.2 Å². The van der Waals surface area contributed by atoms with Crippen molar-refractivity contribution in [3.63, 3.8) is 0 Å². The third kappa shape index (κ3) is 3.04. The van der Waals surface area contributed by atoms with Crippen LogP contribution in [0.4, 0.5) is 0 Å². The van der Waals surface area contributed by atoms with Gasteiger partial charge in [0.1, 0.15) is 0 Å². The summed E-state index contributed by atoms with van der Waals surface area (Å²) in [5, 5.41) is 0. The van der Waals surface area contributed by atoms with Crippen LogP contribution in [0.5, 0.6) is 0 Å². The summed E-state index contributed by atoms with van der Waals surface area (Å²) in [6.45, 7) is 7.25. The zero-order valence-corrected chi connectivity index (χ0v) is 13.3. The van der Waals surface area contributed by atoms with Gasteiger partial charge in [0.25, 0.3) is 0 Å². The molecular weight excluding hydrogens is 300 g/mol. The Morgan fingerprint density at radius 1 is 1.21 bits per heavy atom. The van der Waals surface area contributed by atoms with Gasteiger partial charge in [-0.1, -0.05) is 40.5 Å². The lowest BCUT2D eigenvalue weighted by molar-refractivity contribution is 0.0110. The molecule has 0 unspecified atom stereocenters. The molecule has 0 aliphatic carbocycles. The van der Waals surface area contributed by atoms with E-state index in [0.717, 1.165) is 12.6 Å². The first-order chi connectivity index (χ1) is 9.24. The molecule has 2 aliphatic heterocycles. The highest BCUT2D eigenvalue weighted by atomic mass is 79.9. The molecule has 1 aromatic carbocycles.